The molecular weight excluding hydrogens is 304 g/mol. The van der Waals surface area contributed by atoms with Crippen molar-refractivity contribution >= 4 is 42.4 Å². The fraction of sp³-hybridized carbons (Fsp3) is 0. The monoisotopic (exact) mass is 314 g/mol. The van der Waals surface area contributed by atoms with Crippen LogP contribution in [0.4, 0.5) is 0 Å². The van der Waals surface area contributed by atoms with Gasteiger partial charge in [-0.15, -0.1) is 11.3 Å². The van der Waals surface area contributed by atoms with Crippen molar-refractivity contribution in [1.29, 1.82) is 0 Å². The summed E-state index contributed by atoms with van der Waals surface area (Å²) in [4.78, 5) is 18.8. The standard InChI is InChI=1S/C18H10N4S/c1-2-4-12-8-20-14(7-11(12)3-1)17-16-13-9-19-6-5-15(13)23-18(16)22-10-21-17/h1-10H. The Morgan fingerprint density at radius 2 is 1.78 bits per heavy atom. The zero-order valence-corrected chi connectivity index (χ0v) is 12.8. The molecule has 0 fully saturated rings. The highest BCUT2D eigenvalue weighted by molar-refractivity contribution is 7.25. The molecule has 1 aromatic carbocycles. The van der Waals surface area contributed by atoms with Gasteiger partial charge in [-0.25, -0.2) is 9.97 Å². The molecule has 0 saturated carbocycles. The van der Waals surface area contributed by atoms with Crippen molar-refractivity contribution in [2.75, 3.05) is 0 Å². The van der Waals surface area contributed by atoms with Crippen LogP contribution in [0.1, 0.15) is 0 Å². The van der Waals surface area contributed by atoms with Gasteiger partial charge in [-0.2, -0.15) is 0 Å². The summed E-state index contributed by atoms with van der Waals surface area (Å²) >= 11 is 1.66. The van der Waals surface area contributed by atoms with E-state index >= 15 is 0 Å². The SMILES string of the molecule is c1ccc2cc(-c3ncnc4sc5ccncc5c34)ncc2c1. The lowest BCUT2D eigenvalue weighted by atomic mass is 10.1. The van der Waals surface area contributed by atoms with E-state index in [1.807, 2.05) is 30.6 Å². The molecule has 5 rings (SSSR count). The van der Waals surface area contributed by atoms with Crippen LogP contribution in [0.3, 0.4) is 0 Å². The van der Waals surface area contributed by atoms with Crippen LogP contribution in [0.25, 0.3) is 42.5 Å². The molecule has 0 unspecified atom stereocenters. The number of fused-ring (bicyclic) bond motifs is 4. The van der Waals surface area contributed by atoms with Crippen molar-refractivity contribution in [1.82, 2.24) is 19.9 Å². The van der Waals surface area contributed by atoms with Gasteiger partial charge in [0.05, 0.1) is 5.69 Å². The predicted molar refractivity (Wildman–Crippen MR) is 93.5 cm³/mol. The lowest BCUT2D eigenvalue weighted by Crippen LogP contribution is -1.90. The summed E-state index contributed by atoms with van der Waals surface area (Å²) in [6, 6.07) is 12.3. The maximum atomic E-state index is 4.61. The van der Waals surface area contributed by atoms with Gasteiger partial charge in [-0.1, -0.05) is 24.3 Å². The third-order valence-electron chi connectivity index (χ3n) is 3.94. The Labute approximate surface area is 135 Å². The molecule has 4 heterocycles. The van der Waals surface area contributed by atoms with Gasteiger partial charge in [0.2, 0.25) is 0 Å². The molecule has 0 saturated heterocycles. The second-order valence-electron chi connectivity index (χ2n) is 5.29. The smallest absolute Gasteiger partial charge is 0.128 e. The highest BCUT2D eigenvalue weighted by atomic mass is 32.1. The Balaban J connectivity index is 1.87. The zero-order chi connectivity index (χ0) is 15.2. The molecule has 0 N–H and O–H groups in total. The fourth-order valence-corrected chi connectivity index (χ4v) is 3.87. The molecule has 0 aliphatic carbocycles. The van der Waals surface area contributed by atoms with Gasteiger partial charge in [-0.3, -0.25) is 9.97 Å². The summed E-state index contributed by atoms with van der Waals surface area (Å²) in [6.07, 6.45) is 7.18. The average Bonchev–Trinajstić information content (AvgIpc) is 3.00. The minimum absolute atomic E-state index is 0.861. The van der Waals surface area contributed by atoms with E-state index in [2.05, 4.69) is 38.1 Å². The molecule has 5 aromatic rings. The zero-order valence-electron chi connectivity index (χ0n) is 12.0. The molecule has 0 aliphatic heterocycles. The van der Waals surface area contributed by atoms with Crippen LogP contribution < -0.4 is 0 Å². The summed E-state index contributed by atoms with van der Waals surface area (Å²) in [6.45, 7) is 0. The van der Waals surface area contributed by atoms with Crippen LogP contribution in [0, 0.1) is 0 Å². The van der Waals surface area contributed by atoms with Crippen LogP contribution in [0.2, 0.25) is 0 Å². The molecule has 0 atom stereocenters. The van der Waals surface area contributed by atoms with Crippen LogP contribution in [0.5, 0.6) is 0 Å². The molecule has 23 heavy (non-hydrogen) atoms. The molecule has 0 radical (unpaired) electrons. The van der Waals surface area contributed by atoms with Crippen LogP contribution in [-0.4, -0.2) is 19.9 Å². The van der Waals surface area contributed by atoms with Gasteiger partial charge in [0, 0.05) is 39.4 Å². The first kappa shape index (κ1) is 12.6. The Morgan fingerprint density at radius 1 is 0.870 bits per heavy atom. The van der Waals surface area contributed by atoms with E-state index in [1.165, 1.54) is 0 Å². The van der Waals surface area contributed by atoms with Crippen molar-refractivity contribution in [3.63, 3.8) is 0 Å². The Bertz CT molecular complexity index is 1180. The second-order valence-corrected chi connectivity index (χ2v) is 6.32. The van der Waals surface area contributed by atoms with Crippen molar-refractivity contribution in [3.05, 3.63) is 61.3 Å². The number of thiophene rings is 1. The van der Waals surface area contributed by atoms with E-state index in [9.17, 15) is 0 Å². The van der Waals surface area contributed by atoms with E-state index in [1.54, 1.807) is 23.9 Å². The molecule has 0 bridgehead atoms. The highest BCUT2D eigenvalue weighted by Gasteiger charge is 2.14. The number of pyridine rings is 2. The van der Waals surface area contributed by atoms with Crippen LogP contribution in [0.15, 0.2) is 61.3 Å². The van der Waals surface area contributed by atoms with Gasteiger partial charge >= 0.3 is 0 Å². The van der Waals surface area contributed by atoms with E-state index < -0.39 is 0 Å². The predicted octanol–water partition coefficient (Wildman–Crippen LogP) is 4.45. The average molecular weight is 314 g/mol. The molecule has 0 amide bonds. The van der Waals surface area contributed by atoms with Gasteiger partial charge in [0.15, 0.2) is 0 Å². The first-order valence-corrected chi connectivity index (χ1v) is 8.04. The second kappa shape index (κ2) is 4.79. The van der Waals surface area contributed by atoms with Gasteiger partial charge < -0.3 is 0 Å². The first-order valence-electron chi connectivity index (χ1n) is 7.22. The summed E-state index contributed by atoms with van der Waals surface area (Å²) < 4.78 is 1.16. The lowest BCUT2D eigenvalue weighted by Gasteiger charge is -2.04. The van der Waals surface area contributed by atoms with Crippen molar-refractivity contribution in [2.24, 2.45) is 0 Å². The maximum absolute atomic E-state index is 4.61. The normalized spacial score (nSPS) is 11.5. The first-order chi connectivity index (χ1) is 11.4. The third kappa shape index (κ3) is 1.90. The molecule has 4 nitrogen and oxygen atoms in total. The van der Waals surface area contributed by atoms with E-state index in [-0.39, 0.29) is 0 Å². The van der Waals surface area contributed by atoms with E-state index in [0.717, 1.165) is 42.5 Å². The summed E-state index contributed by atoms with van der Waals surface area (Å²) in [5.74, 6) is 0. The Morgan fingerprint density at radius 3 is 2.74 bits per heavy atom. The fourth-order valence-electron chi connectivity index (χ4n) is 2.86. The Hall–Kier alpha value is -2.92. The highest BCUT2D eigenvalue weighted by Crippen LogP contribution is 2.36. The van der Waals surface area contributed by atoms with Crippen LogP contribution >= 0.6 is 11.3 Å². The lowest BCUT2D eigenvalue weighted by molar-refractivity contribution is 1.21. The topological polar surface area (TPSA) is 51.6 Å². The van der Waals surface area contributed by atoms with Crippen molar-refractivity contribution in [3.8, 4) is 11.4 Å². The molecule has 0 aliphatic rings. The molecule has 0 spiro atoms. The van der Waals surface area contributed by atoms with Crippen molar-refractivity contribution < 1.29 is 0 Å². The number of aromatic nitrogens is 4. The minimum Gasteiger partial charge on any atom is -0.264 e. The summed E-state index contributed by atoms with van der Waals surface area (Å²) in [7, 11) is 0. The molecule has 5 heteroatoms. The quantitative estimate of drug-likeness (QED) is 0.458. The van der Waals surface area contributed by atoms with E-state index in [0.29, 0.717) is 0 Å². The van der Waals surface area contributed by atoms with Gasteiger partial charge in [0.1, 0.15) is 16.9 Å². The molecule has 4 aromatic heterocycles. The van der Waals surface area contributed by atoms with Crippen molar-refractivity contribution in [2.45, 2.75) is 0 Å². The Kier molecular flexibility index (Phi) is 2.63. The number of nitrogens with zero attached hydrogens (tertiary/aromatic N) is 4. The molecule has 108 valence electrons. The van der Waals surface area contributed by atoms with Gasteiger partial charge in [0.25, 0.3) is 0 Å². The molecular formula is C18H10N4S. The number of benzene rings is 1. The third-order valence-corrected chi connectivity index (χ3v) is 5.02. The van der Waals surface area contributed by atoms with E-state index in [4.69, 9.17) is 0 Å². The maximum Gasteiger partial charge on any atom is 0.128 e. The largest absolute Gasteiger partial charge is 0.264 e. The number of hydrogen-bond donors (Lipinski definition) is 0. The number of hydrogen-bond acceptors (Lipinski definition) is 5. The summed E-state index contributed by atoms with van der Waals surface area (Å²) in [5, 5.41) is 4.39. The summed E-state index contributed by atoms with van der Waals surface area (Å²) in [5.41, 5.74) is 1.72. The van der Waals surface area contributed by atoms with Crippen LogP contribution in [-0.2, 0) is 0 Å². The number of rotatable bonds is 1. The minimum atomic E-state index is 0.861. The van der Waals surface area contributed by atoms with Gasteiger partial charge in [-0.05, 0) is 17.5 Å².